The van der Waals surface area contributed by atoms with Gasteiger partial charge in [-0.25, -0.2) is 8.42 Å². The lowest BCUT2D eigenvalue weighted by molar-refractivity contribution is 0.0731. The van der Waals surface area contributed by atoms with Crippen molar-refractivity contribution < 1.29 is 18.3 Å². The Kier molecular flexibility index (Phi) is 8.39. The number of sulfone groups is 1. The number of carbonyl (C=O) groups excluding carboxylic acids is 1. The number of Topliss-reactive ketones (excluding diaryl/α,β-unsaturated/α-hetero) is 1. The average molecular weight is 403 g/mol. The summed E-state index contributed by atoms with van der Waals surface area (Å²) < 4.78 is 26.5. The van der Waals surface area contributed by atoms with Crippen molar-refractivity contribution in [3.63, 3.8) is 0 Å². The van der Waals surface area contributed by atoms with Crippen LogP contribution in [0, 0.1) is 6.92 Å². The summed E-state index contributed by atoms with van der Waals surface area (Å²) >= 11 is 0. The molecular weight excluding hydrogens is 372 g/mol. The highest BCUT2D eigenvalue weighted by Gasteiger charge is 2.37. The Morgan fingerprint density at radius 1 is 0.929 bits per heavy atom. The minimum absolute atomic E-state index is 0.150. The van der Waals surface area contributed by atoms with Gasteiger partial charge in [-0.1, -0.05) is 87.1 Å². The second-order valence-corrected chi connectivity index (χ2v) is 9.44. The molecule has 0 aliphatic carbocycles. The van der Waals surface area contributed by atoms with Crippen LogP contribution in [0.15, 0.2) is 59.5 Å². The number of aryl methyl sites for hydroxylation is 1. The molecule has 2 rings (SSSR count). The minimum atomic E-state index is -3.83. The molecule has 0 saturated heterocycles. The van der Waals surface area contributed by atoms with Crippen LogP contribution >= 0.6 is 0 Å². The Hall–Kier alpha value is -1.98. The summed E-state index contributed by atoms with van der Waals surface area (Å²) in [5.41, 5.74) is 1.28. The van der Waals surface area contributed by atoms with Gasteiger partial charge in [0.05, 0.1) is 10.1 Å². The number of carbonyl (C=O) groups is 1. The lowest BCUT2D eigenvalue weighted by atomic mass is 10.00. The van der Waals surface area contributed by atoms with Crippen molar-refractivity contribution >= 4 is 15.6 Å². The Bertz CT molecular complexity index is 842. The SMILES string of the molecule is CCCCCCCC(C(O)C(=O)c1ccccc1)S(=O)(=O)c1ccc(C)cc1. The molecule has 2 unspecified atom stereocenters. The van der Waals surface area contributed by atoms with Crippen molar-refractivity contribution in [1.82, 2.24) is 0 Å². The van der Waals surface area contributed by atoms with Crippen LogP contribution in [0.5, 0.6) is 0 Å². The fraction of sp³-hybridized carbons (Fsp3) is 0.435. The summed E-state index contributed by atoms with van der Waals surface area (Å²) in [6, 6.07) is 14.9. The third-order valence-corrected chi connectivity index (χ3v) is 7.24. The number of aliphatic hydroxyl groups is 1. The molecule has 1 N–H and O–H groups in total. The molecule has 2 aromatic carbocycles. The second-order valence-electron chi connectivity index (χ2n) is 7.27. The third-order valence-electron chi connectivity index (χ3n) is 5.02. The van der Waals surface area contributed by atoms with Crippen LogP contribution in [-0.2, 0) is 9.84 Å². The van der Waals surface area contributed by atoms with Gasteiger partial charge in [-0.2, -0.15) is 0 Å². The van der Waals surface area contributed by atoms with E-state index in [9.17, 15) is 18.3 Å². The molecule has 0 radical (unpaired) electrons. The standard InChI is InChI=1S/C23H30O4S/c1-3-4-5-6-10-13-21(23(25)22(24)19-11-8-7-9-12-19)28(26,27)20-16-14-18(2)15-17-20/h7-9,11-12,14-17,21,23,25H,3-6,10,13H2,1-2H3. The molecule has 0 fully saturated rings. The Morgan fingerprint density at radius 3 is 2.14 bits per heavy atom. The second kappa shape index (κ2) is 10.5. The lowest BCUT2D eigenvalue weighted by Crippen LogP contribution is -2.40. The average Bonchev–Trinajstić information content (AvgIpc) is 2.70. The van der Waals surface area contributed by atoms with Crippen LogP contribution in [0.25, 0.3) is 0 Å². The van der Waals surface area contributed by atoms with Crippen LogP contribution in [0.2, 0.25) is 0 Å². The van der Waals surface area contributed by atoms with Gasteiger partial charge in [0.25, 0.3) is 0 Å². The van der Waals surface area contributed by atoms with E-state index >= 15 is 0 Å². The van der Waals surface area contributed by atoms with Crippen LogP contribution < -0.4 is 0 Å². The highest BCUT2D eigenvalue weighted by Crippen LogP contribution is 2.25. The fourth-order valence-electron chi connectivity index (χ4n) is 3.28. The maximum atomic E-state index is 13.2. The topological polar surface area (TPSA) is 71.4 Å². The highest BCUT2D eigenvalue weighted by molar-refractivity contribution is 7.92. The zero-order valence-corrected chi connectivity index (χ0v) is 17.5. The van der Waals surface area contributed by atoms with Crippen LogP contribution in [-0.4, -0.2) is 30.7 Å². The fourth-order valence-corrected chi connectivity index (χ4v) is 5.08. The first-order chi connectivity index (χ1) is 13.4. The Balaban J connectivity index is 2.27. The normalized spacial score (nSPS) is 13.8. The molecule has 28 heavy (non-hydrogen) atoms. The van der Waals surface area contributed by atoms with Crippen molar-refractivity contribution in [3.05, 3.63) is 65.7 Å². The van der Waals surface area contributed by atoms with Crippen molar-refractivity contribution in [2.75, 3.05) is 0 Å². The minimum Gasteiger partial charge on any atom is -0.384 e. The number of hydrogen-bond donors (Lipinski definition) is 1. The molecule has 0 amide bonds. The van der Waals surface area contributed by atoms with Crippen molar-refractivity contribution in [3.8, 4) is 0 Å². The summed E-state index contributed by atoms with van der Waals surface area (Å²) in [6.45, 7) is 4.00. The van der Waals surface area contributed by atoms with E-state index in [2.05, 4.69) is 6.92 Å². The molecule has 0 aliphatic heterocycles. The molecule has 2 atom stereocenters. The molecule has 0 bridgehead atoms. The van der Waals surface area contributed by atoms with E-state index in [1.807, 2.05) is 6.92 Å². The number of unbranched alkanes of at least 4 members (excludes halogenated alkanes) is 4. The quantitative estimate of drug-likeness (QED) is 0.435. The zero-order chi connectivity index (χ0) is 20.6. The summed E-state index contributed by atoms with van der Waals surface area (Å²) in [7, 11) is -3.83. The smallest absolute Gasteiger partial charge is 0.192 e. The van der Waals surface area contributed by atoms with Gasteiger partial charge in [0.2, 0.25) is 0 Å². The predicted octanol–water partition coefficient (Wildman–Crippen LogP) is 4.74. The lowest BCUT2D eigenvalue weighted by Gasteiger charge is -2.22. The first-order valence-electron chi connectivity index (χ1n) is 9.95. The van der Waals surface area contributed by atoms with Gasteiger partial charge >= 0.3 is 0 Å². The molecule has 0 aromatic heterocycles. The molecule has 0 spiro atoms. The number of rotatable bonds is 11. The molecule has 4 nitrogen and oxygen atoms in total. The summed E-state index contributed by atoms with van der Waals surface area (Å²) in [6.07, 6.45) is 3.45. The maximum Gasteiger partial charge on any atom is 0.192 e. The first-order valence-corrected chi connectivity index (χ1v) is 11.5. The zero-order valence-electron chi connectivity index (χ0n) is 16.7. The maximum absolute atomic E-state index is 13.2. The van der Waals surface area contributed by atoms with Crippen molar-refractivity contribution in [2.45, 2.75) is 68.6 Å². The largest absolute Gasteiger partial charge is 0.384 e. The number of ketones is 1. The molecule has 5 heteroatoms. The monoisotopic (exact) mass is 402 g/mol. The number of hydrogen-bond acceptors (Lipinski definition) is 4. The van der Waals surface area contributed by atoms with Gasteiger partial charge in [-0.3, -0.25) is 4.79 Å². The third kappa shape index (κ3) is 5.76. The van der Waals surface area contributed by atoms with Gasteiger partial charge in [0.1, 0.15) is 6.10 Å². The molecular formula is C23H30O4S. The van der Waals surface area contributed by atoms with E-state index in [-0.39, 0.29) is 11.3 Å². The van der Waals surface area contributed by atoms with Gasteiger partial charge < -0.3 is 5.11 Å². The van der Waals surface area contributed by atoms with Gasteiger partial charge in [-0.15, -0.1) is 0 Å². The van der Waals surface area contributed by atoms with E-state index in [1.54, 1.807) is 54.6 Å². The molecule has 0 saturated carbocycles. The van der Waals surface area contributed by atoms with Crippen LogP contribution in [0.1, 0.15) is 61.4 Å². The van der Waals surface area contributed by atoms with Gasteiger partial charge in [0.15, 0.2) is 15.6 Å². The van der Waals surface area contributed by atoms with E-state index < -0.39 is 27.0 Å². The Morgan fingerprint density at radius 2 is 1.54 bits per heavy atom. The highest BCUT2D eigenvalue weighted by atomic mass is 32.2. The molecule has 0 aliphatic rings. The summed E-state index contributed by atoms with van der Waals surface area (Å²) in [5, 5.41) is 9.61. The number of benzene rings is 2. The van der Waals surface area contributed by atoms with E-state index in [1.165, 1.54) is 0 Å². The van der Waals surface area contributed by atoms with Crippen LogP contribution in [0.3, 0.4) is 0 Å². The first kappa shape index (κ1) is 22.3. The van der Waals surface area contributed by atoms with Crippen LogP contribution in [0.4, 0.5) is 0 Å². The van der Waals surface area contributed by atoms with E-state index in [4.69, 9.17) is 0 Å². The van der Waals surface area contributed by atoms with Gasteiger partial charge in [0, 0.05) is 5.56 Å². The Labute approximate surface area is 168 Å². The van der Waals surface area contributed by atoms with E-state index in [0.717, 1.165) is 31.2 Å². The predicted molar refractivity (Wildman–Crippen MR) is 112 cm³/mol. The van der Waals surface area contributed by atoms with Crippen molar-refractivity contribution in [2.24, 2.45) is 0 Å². The summed E-state index contributed by atoms with van der Waals surface area (Å²) in [5.74, 6) is -0.546. The van der Waals surface area contributed by atoms with E-state index in [0.29, 0.717) is 12.0 Å². The summed E-state index contributed by atoms with van der Waals surface area (Å²) in [4.78, 5) is 12.9. The van der Waals surface area contributed by atoms with Gasteiger partial charge in [-0.05, 0) is 25.5 Å². The molecule has 2 aromatic rings. The van der Waals surface area contributed by atoms with Crippen molar-refractivity contribution in [1.29, 1.82) is 0 Å². The molecule has 0 heterocycles. The number of aliphatic hydroxyl groups excluding tert-OH is 1. The molecule has 152 valence electrons.